The molecule has 0 amide bonds. The molecule has 5 heteroatoms. The predicted octanol–water partition coefficient (Wildman–Crippen LogP) is 4.23. The summed E-state index contributed by atoms with van der Waals surface area (Å²) >= 11 is 5.90. The normalized spacial score (nSPS) is 15.4. The highest BCUT2D eigenvalue weighted by molar-refractivity contribution is 7.90. The van der Waals surface area contributed by atoms with Crippen LogP contribution >= 0.6 is 11.6 Å². The summed E-state index contributed by atoms with van der Waals surface area (Å²) in [6, 6.07) is 10.9. The minimum Gasteiger partial charge on any atom is -0.255 e. The van der Waals surface area contributed by atoms with Crippen LogP contribution in [0.25, 0.3) is 11.1 Å². The predicted molar refractivity (Wildman–Crippen MR) is 89.5 cm³/mol. The number of hydrogen-bond acceptors (Lipinski definition) is 3. The third-order valence-corrected chi connectivity index (χ3v) is 5.24. The molecule has 1 aromatic carbocycles. The lowest BCUT2D eigenvalue weighted by atomic mass is 10.00. The maximum atomic E-state index is 11.5. The number of allylic oxidation sites excluding steroid dienone is 2. The first-order valence-corrected chi connectivity index (χ1v) is 9.36. The van der Waals surface area contributed by atoms with Crippen molar-refractivity contribution in [3.63, 3.8) is 0 Å². The largest absolute Gasteiger partial charge is 0.255 e. The molecule has 0 atom stereocenters. The first-order chi connectivity index (χ1) is 10.4. The van der Waals surface area contributed by atoms with Gasteiger partial charge in [-0.1, -0.05) is 23.7 Å². The summed E-state index contributed by atoms with van der Waals surface area (Å²) in [4.78, 5) is 4.76. The Labute approximate surface area is 135 Å². The van der Waals surface area contributed by atoms with Crippen molar-refractivity contribution >= 4 is 32.6 Å². The highest BCUT2D eigenvalue weighted by Gasteiger charge is 2.19. The van der Waals surface area contributed by atoms with E-state index < -0.39 is 9.84 Å². The minimum absolute atomic E-state index is 0.348. The summed E-state index contributed by atoms with van der Waals surface area (Å²) in [7, 11) is -3.16. The van der Waals surface area contributed by atoms with Crippen LogP contribution in [-0.4, -0.2) is 19.7 Å². The summed E-state index contributed by atoms with van der Waals surface area (Å²) in [5.41, 5.74) is 4.49. The van der Waals surface area contributed by atoms with Crippen LogP contribution in [0, 0.1) is 0 Å². The van der Waals surface area contributed by atoms with Gasteiger partial charge in [0.05, 0.1) is 15.6 Å². The van der Waals surface area contributed by atoms with Crippen molar-refractivity contribution in [2.45, 2.75) is 24.2 Å². The zero-order chi connectivity index (χ0) is 15.7. The molecule has 0 N–H and O–H groups in total. The molecule has 0 saturated carbocycles. The summed E-state index contributed by atoms with van der Waals surface area (Å²) in [5.74, 6) is 0. The fraction of sp³-hybridized carbons (Fsp3) is 0.235. The number of halogens is 1. The van der Waals surface area contributed by atoms with E-state index in [0.29, 0.717) is 9.92 Å². The van der Waals surface area contributed by atoms with E-state index in [4.69, 9.17) is 11.6 Å². The minimum atomic E-state index is -3.16. The standard InChI is InChI=1S/C17H16ClNO2S/c1-22(20,21)14-8-5-12(6-9-14)15-3-2-4-16(15)17-10-7-13(18)11-19-17/h5-11H,2-4H2,1H3. The molecule has 2 aromatic rings. The fourth-order valence-electron chi connectivity index (χ4n) is 2.80. The van der Waals surface area contributed by atoms with Crippen LogP contribution in [0.3, 0.4) is 0 Å². The molecule has 22 heavy (non-hydrogen) atoms. The number of nitrogens with zero attached hydrogens (tertiary/aromatic N) is 1. The van der Waals surface area contributed by atoms with Gasteiger partial charge in [-0.2, -0.15) is 0 Å². The Morgan fingerprint density at radius 3 is 2.27 bits per heavy atom. The lowest BCUT2D eigenvalue weighted by Gasteiger charge is -2.08. The Morgan fingerprint density at radius 1 is 1.00 bits per heavy atom. The summed E-state index contributed by atoms with van der Waals surface area (Å²) in [5, 5.41) is 0.626. The lowest BCUT2D eigenvalue weighted by Crippen LogP contribution is -1.97. The van der Waals surface area contributed by atoms with Crippen molar-refractivity contribution in [1.82, 2.24) is 4.98 Å². The van der Waals surface area contributed by atoms with E-state index in [2.05, 4.69) is 4.98 Å². The van der Waals surface area contributed by atoms with Gasteiger partial charge in [-0.25, -0.2) is 8.42 Å². The van der Waals surface area contributed by atoms with E-state index in [1.807, 2.05) is 24.3 Å². The molecule has 0 saturated heterocycles. The van der Waals surface area contributed by atoms with Crippen molar-refractivity contribution in [2.24, 2.45) is 0 Å². The highest BCUT2D eigenvalue weighted by Crippen LogP contribution is 2.39. The zero-order valence-electron chi connectivity index (χ0n) is 12.2. The Kier molecular flexibility index (Phi) is 4.06. The van der Waals surface area contributed by atoms with Crippen LogP contribution < -0.4 is 0 Å². The Balaban J connectivity index is 2.01. The molecule has 1 heterocycles. The van der Waals surface area contributed by atoms with Crippen LogP contribution in [0.15, 0.2) is 47.5 Å². The summed E-state index contributed by atoms with van der Waals surface area (Å²) in [6.07, 6.45) is 5.94. The molecular formula is C17H16ClNO2S. The van der Waals surface area contributed by atoms with Crippen molar-refractivity contribution in [3.05, 3.63) is 58.9 Å². The summed E-state index contributed by atoms with van der Waals surface area (Å²) in [6.45, 7) is 0. The van der Waals surface area contributed by atoms with Crippen molar-refractivity contribution < 1.29 is 8.42 Å². The molecular weight excluding hydrogens is 318 g/mol. The maximum Gasteiger partial charge on any atom is 0.175 e. The molecule has 3 nitrogen and oxygen atoms in total. The van der Waals surface area contributed by atoms with Crippen LogP contribution in [0.4, 0.5) is 0 Å². The molecule has 0 bridgehead atoms. The smallest absolute Gasteiger partial charge is 0.175 e. The number of hydrogen-bond donors (Lipinski definition) is 0. The van der Waals surface area contributed by atoms with Gasteiger partial charge in [0, 0.05) is 12.5 Å². The number of rotatable bonds is 3. The molecule has 1 aliphatic carbocycles. The van der Waals surface area contributed by atoms with Gasteiger partial charge in [0.1, 0.15) is 0 Å². The second kappa shape index (κ2) is 5.86. The van der Waals surface area contributed by atoms with Gasteiger partial charge in [-0.3, -0.25) is 4.98 Å². The first kappa shape index (κ1) is 15.3. The molecule has 0 unspecified atom stereocenters. The van der Waals surface area contributed by atoms with Crippen molar-refractivity contribution in [1.29, 1.82) is 0 Å². The second-order valence-corrected chi connectivity index (χ2v) is 7.92. The van der Waals surface area contributed by atoms with E-state index in [1.165, 1.54) is 17.4 Å². The van der Waals surface area contributed by atoms with E-state index in [-0.39, 0.29) is 0 Å². The van der Waals surface area contributed by atoms with Crippen LogP contribution in [-0.2, 0) is 9.84 Å². The van der Waals surface area contributed by atoms with Gasteiger partial charge in [0.25, 0.3) is 0 Å². The van der Waals surface area contributed by atoms with E-state index in [1.54, 1.807) is 18.3 Å². The zero-order valence-corrected chi connectivity index (χ0v) is 13.8. The number of benzene rings is 1. The van der Waals surface area contributed by atoms with Gasteiger partial charge in [-0.05, 0) is 60.2 Å². The van der Waals surface area contributed by atoms with E-state index >= 15 is 0 Å². The van der Waals surface area contributed by atoms with Gasteiger partial charge < -0.3 is 0 Å². The van der Waals surface area contributed by atoms with Gasteiger partial charge in [0.2, 0.25) is 0 Å². The third kappa shape index (κ3) is 3.08. The number of pyridine rings is 1. The first-order valence-electron chi connectivity index (χ1n) is 7.09. The Bertz CT molecular complexity index is 822. The summed E-state index contributed by atoms with van der Waals surface area (Å²) < 4.78 is 23.1. The molecule has 1 aromatic heterocycles. The molecule has 0 fully saturated rings. The van der Waals surface area contributed by atoms with Crippen LogP contribution in [0.2, 0.25) is 5.02 Å². The third-order valence-electron chi connectivity index (χ3n) is 3.89. The SMILES string of the molecule is CS(=O)(=O)c1ccc(C2=C(c3ccc(Cl)cn3)CCC2)cc1. The van der Waals surface area contributed by atoms with Gasteiger partial charge in [0.15, 0.2) is 9.84 Å². The quantitative estimate of drug-likeness (QED) is 0.844. The average molecular weight is 334 g/mol. The fourth-order valence-corrected chi connectivity index (χ4v) is 3.54. The van der Waals surface area contributed by atoms with Crippen molar-refractivity contribution in [2.75, 3.05) is 6.26 Å². The molecule has 0 spiro atoms. The van der Waals surface area contributed by atoms with E-state index in [0.717, 1.165) is 30.5 Å². The number of sulfone groups is 1. The van der Waals surface area contributed by atoms with E-state index in [9.17, 15) is 8.42 Å². The van der Waals surface area contributed by atoms with Gasteiger partial charge >= 0.3 is 0 Å². The molecule has 0 aliphatic heterocycles. The molecule has 0 radical (unpaired) electrons. The van der Waals surface area contributed by atoms with Gasteiger partial charge in [-0.15, -0.1) is 0 Å². The second-order valence-electron chi connectivity index (χ2n) is 5.47. The monoisotopic (exact) mass is 333 g/mol. The highest BCUT2D eigenvalue weighted by atomic mass is 35.5. The molecule has 1 aliphatic rings. The maximum absolute atomic E-state index is 11.5. The van der Waals surface area contributed by atoms with Crippen LogP contribution in [0.5, 0.6) is 0 Å². The average Bonchev–Trinajstić information content (AvgIpc) is 2.97. The Morgan fingerprint density at radius 2 is 1.68 bits per heavy atom. The molecule has 3 rings (SSSR count). The molecule has 114 valence electrons. The van der Waals surface area contributed by atoms with Crippen LogP contribution in [0.1, 0.15) is 30.5 Å². The number of aromatic nitrogens is 1. The lowest BCUT2D eigenvalue weighted by molar-refractivity contribution is 0.602. The Hall–Kier alpha value is -1.65. The van der Waals surface area contributed by atoms with Crippen molar-refractivity contribution in [3.8, 4) is 0 Å². The topological polar surface area (TPSA) is 47.0 Å².